The highest BCUT2D eigenvalue weighted by atomic mass is 35.5. The summed E-state index contributed by atoms with van der Waals surface area (Å²) in [6.07, 6.45) is 1.58. The van der Waals surface area contributed by atoms with Crippen molar-refractivity contribution < 1.29 is 4.74 Å². The molecule has 3 nitrogen and oxygen atoms in total. The number of hydrogen-bond donors (Lipinski definition) is 0. The Kier molecular flexibility index (Phi) is 3.27. The summed E-state index contributed by atoms with van der Waals surface area (Å²) in [5.74, 6) is 0.735. The molecular formula is C13H9ClN2O. The third kappa shape index (κ3) is 2.22. The van der Waals surface area contributed by atoms with Gasteiger partial charge in [0, 0.05) is 11.8 Å². The smallest absolute Gasteiger partial charge is 0.147 e. The third-order valence-electron chi connectivity index (χ3n) is 2.40. The van der Waals surface area contributed by atoms with E-state index in [1.807, 2.05) is 24.3 Å². The molecule has 0 fully saturated rings. The molecule has 0 aliphatic heterocycles. The molecule has 0 saturated carbocycles. The zero-order chi connectivity index (χ0) is 12.3. The summed E-state index contributed by atoms with van der Waals surface area (Å²) in [4.78, 5) is 3.89. The first-order valence-corrected chi connectivity index (χ1v) is 5.33. The van der Waals surface area contributed by atoms with Gasteiger partial charge in [0.15, 0.2) is 0 Å². The van der Waals surface area contributed by atoms with Crippen LogP contribution in [0.25, 0.3) is 11.1 Å². The maximum atomic E-state index is 9.08. The van der Waals surface area contributed by atoms with Crippen molar-refractivity contribution in [3.63, 3.8) is 0 Å². The van der Waals surface area contributed by atoms with Crippen LogP contribution in [0.3, 0.4) is 0 Å². The number of pyridine rings is 1. The molecule has 84 valence electrons. The van der Waals surface area contributed by atoms with Gasteiger partial charge in [0.05, 0.1) is 12.7 Å². The Morgan fingerprint density at radius 2 is 2.18 bits per heavy atom. The van der Waals surface area contributed by atoms with Crippen molar-refractivity contribution in [1.82, 2.24) is 4.98 Å². The summed E-state index contributed by atoms with van der Waals surface area (Å²) in [5, 5.41) is 9.30. The second-order valence-corrected chi connectivity index (χ2v) is 3.73. The molecule has 0 bridgehead atoms. The normalized spacial score (nSPS) is 9.71. The average Bonchev–Trinajstić information content (AvgIpc) is 2.38. The SMILES string of the molecule is COc1cccc(-c2ccnc(Cl)c2C#N)c1. The Morgan fingerprint density at radius 3 is 2.88 bits per heavy atom. The number of aromatic nitrogens is 1. The molecule has 0 aliphatic rings. The minimum Gasteiger partial charge on any atom is -0.497 e. The van der Waals surface area contributed by atoms with Crippen LogP contribution in [-0.2, 0) is 0 Å². The van der Waals surface area contributed by atoms with E-state index in [4.69, 9.17) is 21.6 Å². The van der Waals surface area contributed by atoms with E-state index < -0.39 is 0 Å². The summed E-state index contributed by atoms with van der Waals surface area (Å²) in [6.45, 7) is 0. The predicted octanol–water partition coefficient (Wildman–Crippen LogP) is 3.28. The molecule has 0 atom stereocenters. The quantitative estimate of drug-likeness (QED) is 0.762. The van der Waals surface area contributed by atoms with Crippen molar-refractivity contribution in [1.29, 1.82) is 5.26 Å². The van der Waals surface area contributed by atoms with Crippen LogP contribution in [0.2, 0.25) is 5.15 Å². The summed E-state index contributed by atoms with van der Waals surface area (Å²) in [5.41, 5.74) is 2.01. The van der Waals surface area contributed by atoms with E-state index in [1.54, 1.807) is 19.4 Å². The lowest BCUT2D eigenvalue weighted by Gasteiger charge is -2.06. The average molecular weight is 245 g/mol. The van der Waals surface area contributed by atoms with Crippen LogP contribution in [0.1, 0.15) is 5.56 Å². The second kappa shape index (κ2) is 4.86. The molecule has 0 aliphatic carbocycles. The predicted molar refractivity (Wildman–Crippen MR) is 66.0 cm³/mol. The van der Waals surface area contributed by atoms with Gasteiger partial charge in [0.2, 0.25) is 0 Å². The maximum absolute atomic E-state index is 9.08. The van der Waals surface area contributed by atoms with E-state index in [0.29, 0.717) is 5.56 Å². The summed E-state index contributed by atoms with van der Waals surface area (Å²) >= 11 is 5.89. The number of hydrogen-bond acceptors (Lipinski definition) is 3. The van der Waals surface area contributed by atoms with Gasteiger partial charge in [-0.25, -0.2) is 4.98 Å². The van der Waals surface area contributed by atoms with Gasteiger partial charge in [0.1, 0.15) is 17.0 Å². The molecule has 4 heteroatoms. The summed E-state index contributed by atoms with van der Waals surface area (Å²) < 4.78 is 5.15. The molecule has 1 aromatic carbocycles. The van der Waals surface area contributed by atoms with E-state index in [1.165, 1.54) is 0 Å². The van der Waals surface area contributed by atoms with Crippen molar-refractivity contribution in [2.75, 3.05) is 7.11 Å². The van der Waals surface area contributed by atoms with E-state index >= 15 is 0 Å². The van der Waals surface area contributed by atoms with Gasteiger partial charge in [0.25, 0.3) is 0 Å². The Balaban J connectivity index is 2.61. The first-order chi connectivity index (χ1) is 8.26. The van der Waals surface area contributed by atoms with Gasteiger partial charge in [-0.15, -0.1) is 0 Å². The topological polar surface area (TPSA) is 45.9 Å². The van der Waals surface area contributed by atoms with Gasteiger partial charge in [-0.2, -0.15) is 5.26 Å². The zero-order valence-corrected chi connectivity index (χ0v) is 9.90. The van der Waals surface area contributed by atoms with Crippen molar-refractivity contribution in [2.24, 2.45) is 0 Å². The largest absolute Gasteiger partial charge is 0.497 e. The van der Waals surface area contributed by atoms with Crippen LogP contribution in [0, 0.1) is 11.3 Å². The Morgan fingerprint density at radius 1 is 1.35 bits per heavy atom. The lowest BCUT2D eigenvalue weighted by Crippen LogP contribution is -1.89. The molecule has 2 rings (SSSR count). The number of rotatable bonds is 2. The van der Waals surface area contributed by atoms with Crippen LogP contribution in [-0.4, -0.2) is 12.1 Å². The van der Waals surface area contributed by atoms with Crippen molar-refractivity contribution >= 4 is 11.6 Å². The van der Waals surface area contributed by atoms with Gasteiger partial charge in [-0.3, -0.25) is 0 Å². The molecule has 17 heavy (non-hydrogen) atoms. The zero-order valence-electron chi connectivity index (χ0n) is 9.14. The molecule has 0 N–H and O–H groups in total. The van der Waals surface area contributed by atoms with Crippen LogP contribution in [0.5, 0.6) is 5.75 Å². The lowest BCUT2D eigenvalue weighted by atomic mass is 10.0. The number of nitriles is 1. The van der Waals surface area contributed by atoms with Crippen LogP contribution in [0.4, 0.5) is 0 Å². The fraction of sp³-hybridized carbons (Fsp3) is 0.0769. The second-order valence-electron chi connectivity index (χ2n) is 3.37. The Labute approximate surface area is 104 Å². The molecule has 1 aromatic heterocycles. The minimum atomic E-state index is 0.216. The van der Waals surface area contributed by atoms with Crippen LogP contribution in [0.15, 0.2) is 36.5 Å². The minimum absolute atomic E-state index is 0.216. The molecule has 2 aromatic rings. The van der Waals surface area contributed by atoms with E-state index in [9.17, 15) is 0 Å². The van der Waals surface area contributed by atoms with Crippen LogP contribution >= 0.6 is 11.6 Å². The van der Waals surface area contributed by atoms with E-state index in [0.717, 1.165) is 16.9 Å². The summed E-state index contributed by atoms with van der Waals surface area (Å²) in [6, 6.07) is 11.3. The van der Waals surface area contributed by atoms with Crippen molar-refractivity contribution in [3.8, 4) is 22.9 Å². The van der Waals surface area contributed by atoms with E-state index in [2.05, 4.69) is 11.1 Å². The highest BCUT2D eigenvalue weighted by Gasteiger charge is 2.09. The molecule has 0 saturated heterocycles. The maximum Gasteiger partial charge on any atom is 0.147 e. The number of halogens is 1. The van der Waals surface area contributed by atoms with Gasteiger partial charge in [-0.05, 0) is 23.8 Å². The Bertz CT molecular complexity index is 590. The monoisotopic (exact) mass is 244 g/mol. The summed E-state index contributed by atoms with van der Waals surface area (Å²) in [7, 11) is 1.60. The van der Waals surface area contributed by atoms with Crippen molar-refractivity contribution in [2.45, 2.75) is 0 Å². The first kappa shape index (κ1) is 11.4. The molecule has 0 spiro atoms. The standard InChI is InChI=1S/C13H9ClN2O/c1-17-10-4-2-3-9(7-10)11-5-6-16-13(14)12(11)8-15/h2-7H,1H3. The number of methoxy groups -OCH3 is 1. The van der Waals surface area contributed by atoms with Gasteiger partial charge in [-0.1, -0.05) is 23.7 Å². The van der Waals surface area contributed by atoms with Crippen LogP contribution < -0.4 is 4.74 Å². The highest BCUT2D eigenvalue weighted by molar-refractivity contribution is 6.31. The highest BCUT2D eigenvalue weighted by Crippen LogP contribution is 2.29. The molecular weight excluding hydrogens is 236 g/mol. The molecule has 0 amide bonds. The third-order valence-corrected chi connectivity index (χ3v) is 2.68. The fourth-order valence-electron chi connectivity index (χ4n) is 1.57. The Hall–Kier alpha value is -2.05. The van der Waals surface area contributed by atoms with Gasteiger partial charge >= 0.3 is 0 Å². The number of ether oxygens (including phenoxy) is 1. The molecule has 0 radical (unpaired) electrons. The molecule has 0 unspecified atom stereocenters. The van der Waals surface area contributed by atoms with E-state index in [-0.39, 0.29) is 5.15 Å². The van der Waals surface area contributed by atoms with Crippen molar-refractivity contribution in [3.05, 3.63) is 47.2 Å². The number of nitrogens with zero attached hydrogens (tertiary/aromatic N) is 2. The fourth-order valence-corrected chi connectivity index (χ4v) is 1.77. The lowest BCUT2D eigenvalue weighted by molar-refractivity contribution is 0.415. The number of benzene rings is 1. The first-order valence-electron chi connectivity index (χ1n) is 4.95. The molecule has 1 heterocycles. The van der Waals surface area contributed by atoms with Gasteiger partial charge < -0.3 is 4.74 Å².